The minimum absolute atomic E-state index is 0.553. The lowest BCUT2D eigenvalue weighted by molar-refractivity contribution is -0.148. The molecule has 1 aromatic rings. The number of carboxylic acid groups (broad SMARTS) is 1. The number of aliphatic carboxylic acids is 1. The summed E-state index contributed by atoms with van der Waals surface area (Å²) < 4.78 is 10.3. The van der Waals surface area contributed by atoms with E-state index in [0.29, 0.717) is 17.1 Å². The van der Waals surface area contributed by atoms with Gasteiger partial charge in [-0.25, -0.2) is 0 Å². The molecule has 1 aromatic carbocycles. The predicted octanol–water partition coefficient (Wildman–Crippen LogP) is 1.81. The van der Waals surface area contributed by atoms with Crippen molar-refractivity contribution in [1.29, 1.82) is 0 Å². The zero-order valence-electron chi connectivity index (χ0n) is 11.1. The normalized spacial score (nSPS) is 12.9. The molecule has 0 spiro atoms. The van der Waals surface area contributed by atoms with Gasteiger partial charge in [0.05, 0.1) is 19.6 Å². The van der Waals surface area contributed by atoms with Crippen molar-refractivity contribution < 1.29 is 19.4 Å². The summed E-state index contributed by atoms with van der Waals surface area (Å²) in [5.74, 6) is 0.208. The van der Waals surface area contributed by atoms with Crippen LogP contribution in [0.15, 0.2) is 18.2 Å². The molecule has 1 rings (SSSR count). The Balaban J connectivity index is 3.26. The van der Waals surface area contributed by atoms with Crippen LogP contribution in [-0.2, 0) is 4.79 Å². The van der Waals surface area contributed by atoms with Crippen LogP contribution in [0, 0.1) is 5.41 Å². The van der Waals surface area contributed by atoms with Gasteiger partial charge in [-0.15, -0.1) is 0 Å². The predicted molar refractivity (Wildman–Crippen MR) is 67.9 cm³/mol. The molecule has 0 aliphatic carbocycles. The van der Waals surface area contributed by atoms with Crippen molar-refractivity contribution in [1.82, 2.24) is 0 Å². The minimum atomic E-state index is -1.10. The first-order valence-electron chi connectivity index (χ1n) is 5.55. The van der Waals surface area contributed by atoms with Crippen LogP contribution in [0.1, 0.15) is 25.5 Å². The first kappa shape index (κ1) is 14.3. The molecule has 5 nitrogen and oxygen atoms in total. The Hall–Kier alpha value is -1.75. The van der Waals surface area contributed by atoms with Gasteiger partial charge in [0.25, 0.3) is 0 Å². The van der Waals surface area contributed by atoms with Crippen LogP contribution in [-0.4, -0.2) is 25.3 Å². The van der Waals surface area contributed by atoms with E-state index in [4.69, 9.17) is 15.2 Å². The van der Waals surface area contributed by atoms with Crippen molar-refractivity contribution in [2.45, 2.75) is 19.9 Å². The van der Waals surface area contributed by atoms with E-state index in [0.717, 1.165) is 0 Å². The second-order valence-electron chi connectivity index (χ2n) is 4.61. The third-order valence-electron chi connectivity index (χ3n) is 3.10. The highest BCUT2D eigenvalue weighted by molar-refractivity contribution is 5.75. The molecule has 0 fully saturated rings. The molecule has 0 heterocycles. The Labute approximate surface area is 107 Å². The molecular weight excluding hydrogens is 234 g/mol. The average molecular weight is 253 g/mol. The zero-order valence-corrected chi connectivity index (χ0v) is 11.1. The van der Waals surface area contributed by atoms with Crippen LogP contribution in [0.25, 0.3) is 0 Å². The molecule has 3 N–H and O–H groups in total. The van der Waals surface area contributed by atoms with Gasteiger partial charge in [-0.3, -0.25) is 4.79 Å². The summed E-state index contributed by atoms with van der Waals surface area (Å²) in [6.07, 6.45) is 0. The monoisotopic (exact) mass is 253 g/mol. The molecule has 0 saturated heterocycles. The van der Waals surface area contributed by atoms with Gasteiger partial charge in [0.2, 0.25) is 0 Å². The Kier molecular flexibility index (Phi) is 4.19. The molecule has 1 atom stereocenters. The summed E-state index contributed by atoms with van der Waals surface area (Å²) in [5, 5.41) is 9.21. The second-order valence-corrected chi connectivity index (χ2v) is 4.61. The van der Waals surface area contributed by atoms with Crippen LogP contribution in [0.4, 0.5) is 0 Å². The molecule has 0 saturated carbocycles. The van der Waals surface area contributed by atoms with Gasteiger partial charge >= 0.3 is 5.97 Å². The van der Waals surface area contributed by atoms with Crippen molar-refractivity contribution >= 4 is 5.97 Å². The smallest absolute Gasteiger partial charge is 0.311 e. The lowest BCUT2D eigenvalue weighted by Crippen LogP contribution is -2.36. The molecule has 1 unspecified atom stereocenters. The van der Waals surface area contributed by atoms with E-state index in [9.17, 15) is 9.90 Å². The summed E-state index contributed by atoms with van der Waals surface area (Å²) in [6, 6.07) is 4.46. The Morgan fingerprint density at radius 2 is 1.94 bits per heavy atom. The van der Waals surface area contributed by atoms with Gasteiger partial charge in [0.15, 0.2) is 0 Å². The average Bonchev–Trinajstić information content (AvgIpc) is 2.36. The fraction of sp³-hybridized carbons (Fsp3) is 0.462. The number of ether oxygens (including phenoxy) is 2. The van der Waals surface area contributed by atoms with Gasteiger partial charge in [-0.05, 0) is 32.0 Å². The van der Waals surface area contributed by atoms with E-state index < -0.39 is 17.4 Å². The largest absolute Gasteiger partial charge is 0.497 e. The standard InChI is InChI=1S/C13H19NO4/c1-13(2,12(15)16)11(14)9-7-8(17-3)5-6-10(9)18-4/h5-7,11H,14H2,1-4H3,(H,15,16). The topological polar surface area (TPSA) is 81.8 Å². The number of methoxy groups -OCH3 is 2. The fourth-order valence-corrected chi connectivity index (χ4v) is 1.60. The molecule has 0 aliphatic rings. The van der Waals surface area contributed by atoms with Crippen LogP contribution in [0.3, 0.4) is 0 Å². The van der Waals surface area contributed by atoms with Crippen LogP contribution >= 0.6 is 0 Å². The maximum absolute atomic E-state index is 11.2. The molecule has 0 aliphatic heterocycles. The van der Waals surface area contributed by atoms with E-state index in [1.54, 1.807) is 39.2 Å². The third-order valence-corrected chi connectivity index (χ3v) is 3.10. The minimum Gasteiger partial charge on any atom is -0.497 e. The molecule has 0 radical (unpaired) electrons. The lowest BCUT2D eigenvalue weighted by Gasteiger charge is -2.28. The summed E-state index contributed by atoms with van der Waals surface area (Å²) in [5.41, 5.74) is 5.57. The van der Waals surface area contributed by atoms with Gasteiger partial charge < -0.3 is 20.3 Å². The Morgan fingerprint density at radius 1 is 1.33 bits per heavy atom. The fourth-order valence-electron chi connectivity index (χ4n) is 1.60. The quantitative estimate of drug-likeness (QED) is 0.836. The summed E-state index contributed by atoms with van der Waals surface area (Å²) in [7, 11) is 3.06. The van der Waals surface area contributed by atoms with Gasteiger partial charge in [0.1, 0.15) is 11.5 Å². The molecule has 0 bridgehead atoms. The number of carbonyl (C=O) groups is 1. The summed E-state index contributed by atoms with van der Waals surface area (Å²) in [6.45, 7) is 3.16. The first-order chi connectivity index (χ1) is 8.34. The molecule has 5 heteroatoms. The highest BCUT2D eigenvalue weighted by atomic mass is 16.5. The molecule has 100 valence electrons. The lowest BCUT2D eigenvalue weighted by atomic mass is 9.80. The van der Waals surface area contributed by atoms with Crippen molar-refractivity contribution in [2.75, 3.05) is 14.2 Å². The van der Waals surface area contributed by atoms with Gasteiger partial charge in [-0.2, -0.15) is 0 Å². The number of rotatable bonds is 5. The van der Waals surface area contributed by atoms with Crippen molar-refractivity contribution in [2.24, 2.45) is 11.1 Å². The summed E-state index contributed by atoms with van der Waals surface area (Å²) >= 11 is 0. The van der Waals surface area contributed by atoms with Crippen molar-refractivity contribution in [3.8, 4) is 11.5 Å². The van der Waals surface area contributed by atoms with Crippen molar-refractivity contribution in [3.63, 3.8) is 0 Å². The third kappa shape index (κ3) is 2.56. The zero-order chi connectivity index (χ0) is 13.9. The number of hydrogen-bond donors (Lipinski definition) is 2. The second kappa shape index (κ2) is 5.27. The summed E-state index contributed by atoms with van der Waals surface area (Å²) in [4.78, 5) is 11.2. The molecule has 18 heavy (non-hydrogen) atoms. The van der Waals surface area contributed by atoms with Gasteiger partial charge in [0, 0.05) is 11.6 Å². The Morgan fingerprint density at radius 3 is 2.39 bits per heavy atom. The van der Waals surface area contributed by atoms with Crippen LogP contribution in [0.5, 0.6) is 11.5 Å². The molecular formula is C13H19NO4. The molecule has 0 aromatic heterocycles. The number of nitrogens with two attached hydrogens (primary N) is 1. The number of benzene rings is 1. The first-order valence-corrected chi connectivity index (χ1v) is 5.55. The highest BCUT2D eigenvalue weighted by Crippen LogP contribution is 2.37. The van der Waals surface area contributed by atoms with E-state index in [1.165, 1.54) is 7.11 Å². The van der Waals surface area contributed by atoms with Crippen LogP contribution < -0.4 is 15.2 Å². The SMILES string of the molecule is COc1ccc(OC)c(C(N)C(C)(C)C(=O)O)c1. The maximum Gasteiger partial charge on any atom is 0.311 e. The maximum atomic E-state index is 11.2. The van der Waals surface area contributed by atoms with Gasteiger partial charge in [-0.1, -0.05) is 0 Å². The van der Waals surface area contributed by atoms with E-state index in [-0.39, 0.29) is 0 Å². The van der Waals surface area contributed by atoms with E-state index in [1.807, 2.05) is 0 Å². The Bertz CT molecular complexity index is 443. The number of carboxylic acids is 1. The number of hydrogen-bond acceptors (Lipinski definition) is 4. The van der Waals surface area contributed by atoms with Crippen LogP contribution in [0.2, 0.25) is 0 Å². The highest BCUT2D eigenvalue weighted by Gasteiger charge is 2.37. The van der Waals surface area contributed by atoms with E-state index in [2.05, 4.69) is 0 Å². The molecule has 0 amide bonds. The van der Waals surface area contributed by atoms with E-state index >= 15 is 0 Å². The van der Waals surface area contributed by atoms with Crippen molar-refractivity contribution in [3.05, 3.63) is 23.8 Å².